The summed E-state index contributed by atoms with van der Waals surface area (Å²) < 4.78 is 5.35. The van der Waals surface area contributed by atoms with E-state index in [1.807, 2.05) is 11.3 Å². The highest BCUT2D eigenvalue weighted by Gasteiger charge is 2.43. The summed E-state index contributed by atoms with van der Waals surface area (Å²) in [5.74, 6) is -0.663. The van der Waals surface area contributed by atoms with Crippen LogP contribution in [0.25, 0.3) is 0 Å². The minimum absolute atomic E-state index is 0.323. The van der Waals surface area contributed by atoms with Crippen LogP contribution in [0.1, 0.15) is 36.2 Å². The van der Waals surface area contributed by atoms with Crippen molar-refractivity contribution in [2.45, 2.75) is 32.2 Å². The van der Waals surface area contributed by atoms with Gasteiger partial charge in [0.2, 0.25) is 0 Å². The van der Waals surface area contributed by atoms with Crippen molar-refractivity contribution in [3.05, 3.63) is 21.9 Å². The second kappa shape index (κ2) is 5.47. The van der Waals surface area contributed by atoms with E-state index in [2.05, 4.69) is 23.3 Å². The number of hydrogen-bond donors (Lipinski definition) is 1. The van der Waals surface area contributed by atoms with Crippen LogP contribution in [-0.2, 0) is 16.0 Å². The van der Waals surface area contributed by atoms with Crippen LogP contribution in [-0.4, -0.2) is 42.3 Å². The molecule has 1 atom stereocenters. The Labute approximate surface area is 123 Å². The van der Waals surface area contributed by atoms with E-state index in [1.54, 1.807) is 0 Å². The van der Waals surface area contributed by atoms with Crippen LogP contribution in [0.15, 0.2) is 11.4 Å². The van der Waals surface area contributed by atoms with Crippen LogP contribution in [0, 0.1) is 5.41 Å². The number of ether oxygens (including phenoxy) is 1. The number of carbonyl (C=O) groups is 1. The summed E-state index contributed by atoms with van der Waals surface area (Å²) in [6.45, 7) is 4.93. The average Bonchev–Trinajstić information content (AvgIpc) is 2.92. The van der Waals surface area contributed by atoms with E-state index in [-0.39, 0.29) is 0 Å². The zero-order chi connectivity index (χ0) is 14.2. The first kappa shape index (κ1) is 14.0. The number of thiophene rings is 1. The Morgan fingerprint density at radius 1 is 1.55 bits per heavy atom. The summed E-state index contributed by atoms with van der Waals surface area (Å²) in [5.41, 5.74) is 0.758. The standard InChI is InChI=1S/C15H21NO3S/c1-11-12-3-9-20-13(12)2-6-16(11)10-15(14(17)18)4-7-19-8-5-15/h3,9,11H,2,4-8,10H2,1H3,(H,17,18). The van der Waals surface area contributed by atoms with Gasteiger partial charge >= 0.3 is 5.97 Å². The molecule has 3 heterocycles. The molecule has 1 saturated heterocycles. The van der Waals surface area contributed by atoms with Gasteiger partial charge in [-0.25, -0.2) is 0 Å². The third-order valence-electron chi connectivity index (χ3n) is 4.81. The number of carboxylic acids is 1. The fourth-order valence-corrected chi connectivity index (χ4v) is 4.33. The van der Waals surface area contributed by atoms with Gasteiger partial charge in [-0.3, -0.25) is 9.69 Å². The Balaban J connectivity index is 1.78. The highest BCUT2D eigenvalue weighted by Crippen LogP contribution is 2.38. The molecule has 0 spiro atoms. The summed E-state index contributed by atoms with van der Waals surface area (Å²) >= 11 is 1.82. The molecule has 0 aromatic carbocycles. The van der Waals surface area contributed by atoms with Gasteiger partial charge in [-0.2, -0.15) is 0 Å². The average molecular weight is 295 g/mol. The van der Waals surface area contributed by atoms with Gasteiger partial charge in [-0.1, -0.05) is 0 Å². The third kappa shape index (κ3) is 2.38. The highest BCUT2D eigenvalue weighted by molar-refractivity contribution is 7.10. The molecule has 0 aliphatic carbocycles. The van der Waals surface area contributed by atoms with Crippen molar-refractivity contribution in [2.75, 3.05) is 26.3 Å². The number of hydrogen-bond acceptors (Lipinski definition) is 4. The summed E-state index contributed by atoms with van der Waals surface area (Å²) in [6, 6.07) is 2.51. The van der Waals surface area contributed by atoms with Crippen molar-refractivity contribution < 1.29 is 14.6 Å². The number of fused-ring (bicyclic) bond motifs is 1. The molecule has 2 aliphatic heterocycles. The van der Waals surface area contributed by atoms with E-state index in [1.165, 1.54) is 10.4 Å². The molecule has 4 nitrogen and oxygen atoms in total. The van der Waals surface area contributed by atoms with Gasteiger partial charge < -0.3 is 9.84 Å². The lowest BCUT2D eigenvalue weighted by molar-refractivity contribution is -0.157. The lowest BCUT2D eigenvalue weighted by Gasteiger charge is -2.41. The van der Waals surface area contributed by atoms with Crippen molar-refractivity contribution in [1.82, 2.24) is 4.90 Å². The first-order valence-electron chi connectivity index (χ1n) is 7.24. The Kier molecular flexibility index (Phi) is 3.84. The van der Waals surface area contributed by atoms with E-state index in [4.69, 9.17) is 4.74 Å². The molecule has 0 amide bonds. The van der Waals surface area contributed by atoms with Gasteiger partial charge in [0, 0.05) is 37.2 Å². The molecule has 1 aromatic heterocycles. The van der Waals surface area contributed by atoms with Gasteiger partial charge in [0.15, 0.2) is 0 Å². The van der Waals surface area contributed by atoms with Crippen molar-refractivity contribution in [3.63, 3.8) is 0 Å². The first-order chi connectivity index (χ1) is 9.62. The molecule has 1 unspecified atom stereocenters. The fourth-order valence-electron chi connectivity index (χ4n) is 3.37. The molecule has 0 saturated carbocycles. The SMILES string of the molecule is CC1c2ccsc2CCN1CC1(C(=O)O)CCOCC1. The Morgan fingerprint density at radius 2 is 2.30 bits per heavy atom. The topological polar surface area (TPSA) is 49.8 Å². The molecule has 0 bridgehead atoms. The largest absolute Gasteiger partial charge is 0.481 e. The maximum atomic E-state index is 11.8. The van der Waals surface area contributed by atoms with Gasteiger partial charge in [0.1, 0.15) is 0 Å². The monoisotopic (exact) mass is 295 g/mol. The van der Waals surface area contributed by atoms with Crippen LogP contribution in [0.4, 0.5) is 0 Å². The van der Waals surface area contributed by atoms with Crippen LogP contribution in [0.3, 0.4) is 0 Å². The number of nitrogens with zero attached hydrogens (tertiary/aromatic N) is 1. The number of carboxylic acid groups (broad SMARTS) is 1. The molecular formula is C15H21NO3S. The van der Waals surface area contributed by atoms with Gasteiger partial charge in [0.05, 0.1) is 5.41 Å². The highest BCUT2D eigenvalue weighted by atomic mass is 32.1. The van der Waals surface area contributed by atoms with Crippen LogP contribution in [0.2, 0.25) is 0 Å². The molecule has 0 radical (unpaired) electrons. The number of rotatable bonds is 3. The summed E-state index contributed by atoms with van der Waals surface area (Å²) in [6.07, 6.45) is 2.30. The van der Waals surface area contributed by atoms with Crippen LogP contribution < -0.4 is 0 Å². The summed E-state index contributed by atoms with van der Waals surface area (Å²) in [7, 11) is 0. The molecular weight excluding hydrogens is 274 g/mol. The van der Waals surface area contributed by atoms with E-state index in [0.717, 1.165) is 13.0 Å². The smallest absolute Gasteiger partial charge is 0.311 e. The predicted octanol–water partition coefficient (Wildman–Crippen LogP) is 2.55. The molecule has 2 aliphatic rings. The van der Waals surface area contributed by atoms with E-state index >= 15 is 0 Å². The minimum atomic E-state index is -0.663. The third-order valence-corrected chi connectivity index (χ3v) is 5.81. The minimum Gasteiger partial charge on any atom is -0.481 e. The Hall–Kier alpha value is -0.910. The van der Waals surface area contributed by atoms with Crippen molar-refractivity contribution in [2.24, 2.45) is 5.41 Å². The normalized spacial score (nSPS) is 26.1. The zero-order valence-electron chi connectivity index (χ0n) is 11.8. The molecule has 3 rings (SSSR count). The fraction of sp³-hybridized carbons (Fsp3) is 0.667. The van der Waals surface area contributed by atoms with E-state index < -0.39 is 11.4 Å². The number of aliphatic carboxylic acids is 1. The van der Waals surface area contributed by atoms with Crippen LogP contribution in [0.5, 0.6) is 0 Å². The van der Waals surface area contributed by atoms with E-state index in [0.29, 0.717) is 38.6 Å². The quantitative estimate of drug-likeness (QED) is 0.931. The van der Waals surface area contributed by atoms with Crippen LogP contribution >= 0.6 is 11.3 Å². The Bertz CT molecular complexity index is 493. The van der Waals surface area contributed by atoms with Gasteiger partial charge in [-0.05, 0) is 43.2 Å². The maximum absolute atomic E-state index is 11.8. The Morgan fingerprint density at radius 3 is 3.00 bits per heavy atom. The second-order valence-electron chi connectivity index (χ2n) is 5.89. The van der Waals surface area contributed by atoms with Gasteiger partial charge in [-0.15, -0.1) is 11.3 Å². The molecule has 1 N–H and O–H groups in total. The summed E-state index contributed by atoms with van der Waals surface area (Å²) in [5, 5.41) is 11.8. The molecule has 110 valence electrons. The predicted molar refractivity (Wildman–Crippen MR) is 78.1 cm³/mol. The maximum Gasteiger partial charge on any atom is 0.311 e. The lowest BCUT2D eigenvalue weighted by atomic mass is 9.79. The lowest BCUT2D eigenvalue weighted by Crippen LogP contribution is -2.48. The van der Waals surface area contributed by atoms with Crippen molar-refractivity contribution in [1.29, 1.82) is 0 Å². The van der Waals surface area contributed by atoms with E-state index in [9.17, 15) is 9.90 Å². The van der Waals surface area contributed by atoms with Crippen molar-refractivity contribution in [3.8, 4) is 0 Å². The summed E-state index contributed by atoms with van der Waals surface area (Å²) in [4.78, 5) is 15.6. The first-order valence-corrected chi connectivity index (χ1v) is 8.12. The van der Waals surface area contributed by atoms with Gasteiger partial charge in [0.25, 0.3) is 0 Å². The zero-order valence-corrected chi connectivity index (χ0v) is 12.6. The van der Waals surface area contributed by atoms with Crippen molar-refractivity contribution >= 4 is 17.3 Å². The molecule has 5 heteroatoms. The molecule has 1 aromatic rings. The molecule has 20 heavy (non-hydrogen) atoms. The second-order valence-corrected chi connectivity index (χ2v) is 6.89. The molecule has 1 fully saturated rings.